The highest BCUT2D eigenvalue weighted by atomic mass is 79.9. The number of halogens is 1. The molecule has 0 unspecified atom stereocenters. The van der Waals surface area contributed by atoms with E-state index < -0.39 is 10.9 Å². The summed E-state index contributed by atoms with van der Waals surface area (Å²) in [5.74, 6) is -0.205. The van der Waals surface area contributed by atoms with Crippen LogP contribution in [0.4, 0.5) is 5.69 Å². The fourth-order valence-corrected chi connectivity index (χ4v) is 2.11. The predicted molar refractivity (Wildman–Crippen MR) is 76.9 cm³/mol. The minimum atomic E-state index is -0.626. The van der Waals surface area contributed by atoms with Crippen LogP contribution in [0.2, 0.25) is 0 Å². The molecule has 6 heteroatoms. The maximum atomic E-state index is 12.0. The molecule has 20 heavy (non-hydrogen) atoms. The van der Waals surface area contributed by atoms with Crippen molar-refractivity contribution in [1.29, 1.82) is 0 Å². The highest BCUT2D eigenvalue weighted by Gasteiger charge is 2.14. The Morgan fingerprint density at radius 3 is 2.65 bits per heavy atom. The summed E-state index contributed by atoms with van der Waals surface area (Å²) in [6.45, 7) is 1.81. The molecular weight excluding hydrogens is 326 g/mol. The van der Waals surface area contributed by atoms with Gasteiger partial charge in [-0.1, -0.05) is 22.0 Å². The molecule has 2 aromatic rings. The second-order valence-electron chi connectivity index (χ2n) is 4.11. The van der Waals surface area contributed by atoms with Crippen molar-refractivity contribution in [3.05, 3.63) is 68.2 Å². The van der Waals surface area contributed by atoms with Crippen molar-refractivity contribution in [2.24, 2.45) is 0 Å². The van der Waals surface area contributed by atoms with Crippen LogP contribution >= 0.6 is 15.9 Å². The van der Waals surface area contributed by atoms with E-state index in [4.69, 9.17) is 4.74 Å². The zero-order chi connectivity index (χ0) is 14.7. The zero-order valence-corrected chi connectivity index (χ0v) is 12.1. The number of nitro groups is 1. The molecule has 0 amide bonds. The number of aryl methyl sites for hydroxylation is 1. The standard InChI is InChI=1S/C14H10BrNO4/c1-9-7-11(15)5-6-13(9)20-14(17)10-3-2-4-12(8-10)16(18)19/h2-8H,1H3. The minimum absolute atomic E-state index is 0.140. The van der Waals surface area contributed by atoms with Gasteiger partial charge in [-0.05, 0) is 36.8 Å². The van der Waals surface area contributed by atoms with Crippen molar-refractivity contribution in [1.82, 2.24) is 0 Å². The third-order valence-corrected chi connectivity index (χ3v) is 3.13. The van der Waals surface area contributed by atoms with E-state index in [-0.39, 0.29) is 11.3 Å². The van der Waals surface area contributed by atoms with Gasteiger partial charge in [0.15, 0.2) is 0 Å². The molecular formula is C14H10BrNO4. The Balaban J connectivity index is 2.24. The van der Waals surface area contributed by atoms with Gasteiger partial charge in [0.25, 0.3) is 5.69 Å². The molecule has 0 atom stereocenters. The van der Waals surface area contributed by atoms with Crippen LogP contribution in [0.5, 0.6) is 5.75 Å². The van der Waals surface area contributed by atoms with E-state index in [2.05, 4.69) is 15.9 Å². The van der Waals surface area contributed by atoms with Crippen LogP contribution in [0, 0.1) is 17.0 Å². The monoisotopic (exact) mass is 335 g/mol. The fourth-order valence-electron chi connectivity index (χ4n) is 1.63. The second kappa shape index (κ2) is 5.83. The summed E-state index contributed by atoms with van der Waals surface area (Å²) in [5.41, 5.74) is 0.784. The van der Waals surface area contributed by atoms with E-state index in [1.165, 1.54) is 24.3 Å². The van der Waals surface area contributed by atoms with E-state index in [1.54, 1.807) is 19.1 Å². The smallest absolute Gasteiger partial charge is 0.343 e. The fraction of sp³-hybridized carbons (Fsp3) is 0.0714. The number of carbonyl (C=O) groups is 1. The number of non-ortho nitro benzene ring substituents is 1. The Bertz CT molecular complexity index is 685. The molecule has 0 N–H and O–H groups in total. The SMILES string of the molecule is Cc1cc(Br)ccc1OC(=O)c1cccc([N+](=O)[O-])c1. The van der Waals surface area contributed by atoms with Crippen molar-refractivity contribution < 1.29 is 14.5 Å². The third kappa shape index (κ3) is 3.21. The summed E-state index contributed by atoms with van der Waals surface area (Å²) in [6, 6.07) is 10.7. The molecule has 0 bridgehead atoms. The van der Waals surface area contributed by atoms with E-state index in [1.807, 2.05) is 6.07 Å². The number of esters is 1. The van der Waals surface area contributed by atoms with Gasteiger partial charge in [-0.15, -0.1) is 0 Å². The molecule has 0 heterocycles. The van der Waals surface area contributed by atoms with Crippen LogP contribution in [0.15, 0.2) is 46.9 Å². The van der Waals surface area contributed by atoms with Crippen molar-refractivity contribution >= 4 is 27.6 Å². The Labute approximate surface area is 123 Å². The number of benzene rings is 2. The van der Waals surface area contributed by atoms with Gasteiger partial charge in [-0.2, -0.15) is 0 Å². The average molecular weight is 336 g/mol. The van der Waals surface area contributed by atoms with Gasteiger partial charge in [0, 0.05) is 16.6 Å². The Morgan fingerprint density at radius 1 is 1.25 bits per heavy atom. The van der Waals surface area contributed by atoms with Crippen LogP contribution < -0.4 is 4.74 Å². The van der Waals surface area contributed by atoms with Crippen LogP contribution in [-0.2, 0) is 0 Å². The number of nitrogens with zero attached hydrogens (tertiary/aromatic N) is 1. The van der Waals surface area contributed by atoms with E-state index in [0.717, 1.165) is 10.0 Å². The molecule has 102 valence electrons. The van der Waals surface area contributed by atoms with Gasteiger partial charge in [0.05, 0.1) is 10.5 Å². The minimum Gasteiger partial charge on any atom is -0.423 e. The largest absolute Gasteiger partial charge is 0.423 e. The number of hydrogen-bond donors (Lipinski definition) is 0. The maximum Gasteiger partial charge on any atom is 0.343 e. The lowest BCUT2D eigenvalue weighted by molar-refractivity contribution is -0.384. The summed E-state index contributed by atoms with van der Waals surface area (Å²) in [7, 11) is 0. The molecule has 0 aliphatic rings. The van der Waals surface area contributed by atoms with Crippen LogP contribution in [0.3, 0.4) is 0 Å². The summed E-state index contributed by atoms with van der Waals surface area (Å²) in [5, 5.41) is 10.7. The average Bonchev–Trinajstić information content (AvgIpc) is 2.42. The number of hydrogen-bond acceptors (Lipinski definition) is 4. The van der Waals surface area contributed by atoms with E-state index in [0.29, 0.717) is 5.75 Å². The molecule has 0 aliphatic carbocycles. The number of ether oxygens (including phenoxy) is 1. The molecule has 2 rings (SSSR count). The van der Waals surface area contributed by atoms with E-state index >= 15 is 0 Å². The summed E-state index contributed by atoms with van der Waals surface area (Å²) < 4.78 is 6.12. The molecule has 2 aromatic carbocycles. The molecule has 0 aliphatic heterocycles. The van der Waals surface area contributed by atoms with Crippen molar-refractivity contribution in [2.45, 2.75) is 6.92 Å². The summed E-state index contributed by atoms with van der Waals surface area (Å²) >= 11 is 3.32. The van der Waals surface area contributed by atoms with Gasteiger partial charge >= 0.3 is 5.97 Å². The Kier molecular flexibility index (Phi) is 4.14. The van der Waals surface area contributed by atoms with E-state index in [9.17, 15) is 14.9 Å². The molecule has 0 radical (unpaired) electrons. The third-order valence-electron chi connectivity index (χ3n) is 2.63. The highest BCUT2D eigenvalue weighted by molar-refractivity contribution is 9.10. The first kappa shape index (κ1) is 14.2. The molecule has 5 nitrogen and oxygen atoms in total. The molecule has 0 saturated heterocycles. The number of nitro benzene ring substituents is 1. The van der Waals surface area contributed by atoms with Gasteiger partial charge in [-0.3, -0.25) is 10.1 Å². The zero-order valence-electron chi connectivity index (χ0n) is 10.5. The summed E-state index contributed by atoms with van der Waals surface area (Å²) in [6.07, 6.45) is 0. The maximum absolute atomic E-state index is 12.0. The van der Waals surface area contributed by atoms with Crippen molar-refractivity contribution in [2.75, 3.05) is 0 Å². The second-order valence-corrected chi connectivity index (χ2v) is 5.02. The lowest BCUT2D eigenvalue weighted by Gasteiger charge is -2.07. The number of rotatable bonds is 3. The quantitative estimate of drug-likeness (QED) is 0.369. The lowest BCUT2D eigenvalue weighted by atomic mass is 10.2. The van der Waals surface area contributed by atoms with Gasteiger partial charge in [-0.25, -0.2) is 4.79 Å². The van der Waals surface area contributed by atoms with Crippen LogP contribution in [0.25, 0.3) is 0 Å². The molecule has 0 saturated carbocycles. The first-order chi connectivity index (χ1) is 9.47. The number of carbonyl (C=O) groups excluding carboxylic acids is 1. The van der Waals surface area contributed by atoms with Crippen LogP contribution in [-0.4, -0.2) is 10.9 Å². The lowest BCUT2D eigenvalue weighted by Crippen LogP contribution is -2.09. The Morgan fingerprint density at radius 2 is 2.00 bits per heavy atom. The van der Waals surface area contributed by atoms with Gasteiger partial charge in [0.2, 0.25) is 0 Å². The molecule has 0 fully saturated rings. The highest BCUT2D eigenvalue weighted by Crippen LogP contribution is 2.23. The predicted octanol–water partition coefficient (Wildman–Crippen LogP) is 3.88. The van der Waals surface area contributed by atoms with Crippen molar-refractivity contribution in [3.8, 4) is 5.75 Å². The van der Waals surface area contributed by atoms with Crippen molar-refractivity contribution in [3.63, 3.8) is 0 Å². The molecule has 0 spiro atoms. The normalized spacial score (nSPS) is 10.1. The molecule has 0 aromatic heterocycles. The first-order valence-electron chi connectivity index (χ1n) is 5.70. The Hall–Kier alpha value is -2.21. The van der Waals surface area contributed by atoms with Crippen LogP contribution in [0.1, 0.15) is 15.9 Å². The summed E-state index contributed by atoms with van der Waals surface area (Å²) in [4.78, 5) is 22.1. The topological polar surface area (TPSA) is 69.4 Å². The van der Waals surface area contributed by atoms with Gasteiger partial charge in [0.1, 0.15) is 5.75 Å². The first-order valence-corrected chi connectivity index (χ1v) is 6.49. The van der Waals surface area contributed by atoms with Gasteiger partial charge < -0.3 is 4.74 Å².